The fourth-order valence-electron chi connectivity index (χ4n) is 3.38. The lowest BCUT2D eigenvalue weighted by atomic mass is 10.0. The van der Waals surface area contributed by atoms with E-state index in [1.165, 1.54) is 11.8 Å². The minimum absolute atomic E-state index is 0.0293. The Morgan fingerprint density at radius 1 is 1.18 bits per heavy atom. The Bertz CT molecular complexity index is 1180. The zero-order valence-electron chi connectivity index (χ0n) is 19.4. The van der Waals surface area contributed by atoms with E-state index in [2.05, 4.69) is 27.4 Å². The molecule has 2 aromatic carbocycles. The molecule has 0 saturated carbocycles. The second-order valence-electron chi connectivity index (χ2n) is 8.12. The van der Waals surface area contributed by atoms with E-state index in [0.29, 0.717) is 28.1 Å². The number of nitrogens with one attached hydrogen (secondary N) is 2. The van der Waals surface area contributed by atoms with E-state index in [4.69, 9.17) is 11.6 Å². The number of halogens is 1. The number of carbonyl (C=O) groups is 2. The molecule has 0 aliphatic heterocycles. The fraction of sp³-hybridized carbons (Fsp3) is 0.280. The highest BCUT2D eigenvalue weighted by Crippen LogP contribution is 2.26. The Hall–Kier alpha value is -3.10. The van der Waals surface area contributed by atoms with Crippen LogP contribution in [0.4, 0.5) is 5.69 Å². The molecule has 1 heterocycles. The van der Waals surface area contributed by atoms with Crippen molar-refractivity contribution in [1.82, 2.24) is 20.1 Å². The lowest BCUT2D eigenvalue weighted by molar-refractivity contribution is -0.113. The second-order valence-corrected chi connectivity index (χ2v) is 9.47. The number of hydrogen-bond donors (Lipinski definition) is 2. The number of thioether (sulfide) groups is 1. The van der Waals surface area contributed by atoms with Gasteiger partial charge in [-0.25, -0.2) is 0 Å². The number of carbonyl (C=O) groups excluding carboxylic acids is 2. The molecular weight excluding hydrogens is 470 g/mol. The van der Waals surface area contributed by atoms with Crippen molar-refractivity contribution < 1.29 is 9.59 Å². The molecule has 2 amide bonds. The van der Waals surface area contributed by atoms with Gasteiger partial charge in [0.2, 0.25) is 5.91 Å². The zero-order chi connectivity index (χ0) is 24.7. The quantitative estimate of drug-likeness (QED) is 0.293. The molecule has 2 N–H and O–H groups in total. The summed E-state index contributed by atoms with van der Waals surface area (Å²) in [7, 11) is 0. The number of amides is 2. The minimum atomic E-state index is -0.410. The molecule has 34 heavy (non-hydrogen) atoms. The summed E-state index contributed by atoms with van der Waals surface area (Å²) < 4.78 is 1.87. The van der Waals surface area contributed by atoms with Crippen LogP contribution in [0.3, 0.4) is 0 Å². The molecule has 3 rings (SSSR count). The summed E-state index contributed by atoms with van der Waals surface area (Å²) in [6.45, 7) is 10.2. The molecule has 0 unspecified atom stereocenters. The molecule has 0 aliphatic rings. The standard InChI is InChI=1S/C25H28ClN5O2S/c1-5-13-31-23(22(16(2)3)28-24(33)19-11-6-7-12-20(19)26)29-30-25(31)34-15-21(32)27-18-10-8-9-17(4)14-18/h5-12,14,16,22H,1,13,15H2,2-4H3,(H,27,32)(H,28,33)/t22-/m1/s1. The number of rotatable bonds is 10. The van der Waals surface area contributed by atoms with Crippen LogP contribution in [-0.2, 0) is 11.3 Å². The first kappa shape index (κ1) is 25.5. The fourth-order valence-corrected chi connectivity index (χ4v) is 4.36. The predicted octanol–water partition coefficient (Wildman–Crippen LogP) is 5.28. The van der Waals surface area contributed by atoms with Crippen LogP contribution in [0.15, 0.2) is 66.3 Å². The third-order valence-corrected chi connectivity index (χ3v) is 6.34. The van der Waals surface area contributed by atoms with Crippen molar-refractivity contribution in [1.29, 1.82) is 0 Å². The molecule has 3 aromatic rings. The Kier molecular flexibility index (Phi) is 8.90. The normalized spacial score (nSPS) is 11.8. The van der Waals surface area contributed by atoms with Crippen LogP contribution < -0.4 is 10.6 Å². The first-order valence-corrected chi connectivity index (χ1v) is 12.2. The first-order valence-electron chi connectivity index (χ1n) is 10.9. The van der Waals surface area contributed by atoms with E-state index in [1.54, 1.807) is 30.3 Å². The van der Waals surface area contributed by atoms with Crippen LogP contribution in [0.25, 0.3) is 0 Å². The van der Waals surface area contributed by atoms with E-state index in [-0.39, 0.29) is 23.5 Å². The van der Waals surface area contributed by atoms with Gasteiger partial charge in [-0.15, -0.1) is 16.8 Å². The predicted molar refractivity (Wildman–Crippen MR) is 137 cm³/mol. The Morgan fingerprint density at radius 3 is 2.62 bits per heavy atom. The number of aromatic nitrogens is 3. The van der Waals surface area contributed by atoms with E-state index in [0.717, 1.165) is 11.3 Å². The molecule has 0 aliphatic carbocycles. The number of anilines is 1. The maximum atomic E-state index is 12.9. The summed E-state index contributed by atoms with van der Waals surface area (Å²) in [4.78, 5) is 25.4. The molecule has 1 aromatic heterocycles. The molecule has 1 atom stereocenters. The highest BCUT2D eigenvalue weighted by molar-refractivity contribution is 7.99. The van der Waals surface area contributed by atoms with E-state index < -0.39 is 6.04 Å². The average molecular weight is 498 g/mol. The summed E-state index contributed by atoms with van der Waals surface area (Å²) in [5.41, 5.74) is 2.22. The Balaban J connectivity index is 1.76. The smallest absolute Gasteiger partial charge is 0.253 e. The van der Waals surface area contributed by atoms with Crippen LogP contribution in [0, 0.1) is 12.8 Å². The monoisotopic (exact) mass is 497 g/mol. The van der Waals surface area contributed by atoms with Crippen molar-refractivity contribution in [3.8, 4) is 0 Å². The van der Waals surface area contributed by atoms with Gasteiger partial charge in [0.05, 0.1) is 22.4 Å². The van der Waals surface area contributed by atoms with Crippen LogP contribution in [-0.4, -0.2) is 32.3 Å². The lowest BCUT2D eigenvalue weighted by Crippen LogP contribution is -2.34. The third-order valence-electron chi connectivity index (χ3n) is 5.04. The second kappa shape index (κ2) is 11.9. The van der Waals surface area contributed by atoms with Gasteiger partial charge in [0.15, 0.2) is 11.0 Å². The SMILES string of the molecule is C=CCn1c(SCC(=O)Nc2cccc(C)c2)nnc1[C@H](NC(=O)c1ccccc1Cl)C(C)C. The zero-order valence-corrected chi connectivity index (χ0v) is 21.0. The van der Waals surface area contributed by atoms with Gasteiger partial charge in [0.25, 0.3) is 5.91 Å². The first-order chi connectivity index (χ1) is 16.3. The number of aryl methyl sites for hydroxylation is 1. The minimum Gasteiger partial charge on any atom is -0.342 e. The van der Waals surface area contributed by atoms with Gasteiger partial charge in [-0.2, -0.15) is 0 Å². The largest absolute Gasteiger partial charge is 0.342 e. The summed E-state index contributed by atoms with van der Waals surface area (Å²) in [6, 6.07) is 14.1. The molecule has 7 nitrogen and oxygen atoms in total. The number of nitrogens with zero attached hydrogens (tertiary/aromatic N) is 3. The van der Waals surface area contributed by atoms with E-state index in [9.17, 15) is 9.59 Å². The van der Waals surface area contributed by atoms with Crippen molar-refractivity contribution in [2.75, 3.05) is 11.1 Å². The molecule has 0 fully saturated rings. The van der Waals surface area contributed by atoms with Gasteiger partial charge in [-0.05, 0) is 42.7 Å². The van der Waals surface area contributed by atoms with Gasteiger partial charge < -0.3 is 15.2 Å². The maximum Gasteiger partial charge on any atom is 0.253 e. The number of benzene rings is 2. The summed E-state index contributed by atoms with van der Waals surface area (Å²) >= 11 is 7.48. The van der Waals surface area contributed by atoms with Crippen LogP contribution >= 0.6 is 23.4 Å². The molecule has 9 heteroatoms. The summed E-state index contributed by atoms with van der Waals surface area (Å²) in [6.07, 6.45) is 1.73. The maximum absolute atomic E-state index is 12.9. The van der Waals surface area contributed by atoms with Gasteiger partial charge in [-0.1, -0.05) is 67.6 Å². The molecule has 0 radical (unpaired) electrons. The van der Waals surface area contributed by atoms with Crippen molar-refractivity contribution in [2.24, 2.45) is 5.92 Å². The molecule has 178 valence electrons. The van der Waals surface area contributed by atoms with Crippen LogP contribution in [0.5, 0.6) is 0 Å². The Labute approximate surface area is 209 Å². The number of allylic oxidation sites excluding steroid dienone is 1. The van der Waals surface area contributed by atoms with Crippen molar-refractivity contribution in [3.63, 3.8) is 0 Å². The van der Waals surface area contributed by atoms with Gasteiger partial charge >= 0.3 is 0 Å². The van der Waals surface area contributed by atoms with E-state index in [1.807, 2.05) is 49.6 Å². The molecule has 0 saturated heterocycles. The summed E-state index contributed by atoms with van der Waals surface area (Å²) in [5.74, 6) is 0.363. The van der Waals surface area contributed by atoms with Gasteiger partial charge in [0.1, 0.15) is 0 Å². The number of hydrogen-bond acceptors (Lipinski definition) is 5. The van der Waals surface area contributed by atoms with E-state index >= 15 is 0 Å². The van der Waals surface area contributed by atoms with Gasteiger partial charge in [-0.3, -0.25) is 9.59 Å². The lowest BCUT2D eigenvalue weighted by Gasteiger charge is -2.23. The van der Waals surface area contributed by atoms with Crippen molar-refractivity contribution in [3.05, 3.63) is 83.2 Å². The Morgan fingerprint density at radius 2 is 1.94 bits per heavy atom. The highest BCUT2D eigenvalue weighted by atomic mass is 35.5. The third kappa shape index (κ3) is 6.48. The molecule has 0 spiro atoms. The average Bonchev–Trinajstić information content (AvgIpc) is 3.18. The molecular formula is C25H28ClN5O2S. The van der Waals surface area contributed by atoms with Crippen LogP contribution in [0.2, 0.25) is 5.02 Å². The van der Waals surface area contributed by atoms with Crippen molar-refractivity contribution in [2.45, 2.75) is 38.5 Å². The van der Waals surface area contributed by atoms with Crippen LogP contribution in [0.1, 0.15) is 41.6 Å². The summed E-state index contributed by atoms with van der Waals surface area (Å²) in [5, 5.41) is 15.6. The molecule has 0 bridgehead atoms. The van der Waals surface area contributed by atoms with Gasteiger partial charge in [0, 0.05) is 12.2 Å². The topological polar surface area (TPSA) is 88.9 Å². The van der Waals surface area contributed by atoms with Crippen molar-refractivity contribution >= 4 is 40.9 Å². The highest BCUT2D eigenvalue weighted by Gasteiger charge is 2.27.